The molecule has 1 aliphatic rings. The molecule has 1 saturated heterocycles. The molecule has 0 bridgehead atoms. The van der Waals surface area contributed by atoms with Crippen molar-refractivity contribution in [1.82, 2.24) is 8.87 Å². The van der Waals surface area contributed by atoms with Crippen molar-refractivity contribution in [2.75, 3.05) is 26.3 Å². The first-order valence-corrected chi connectivity index (χ1v) is 13.4. The second-order valence-corrected chi connectivity index (χ2v) is 11.0. The third-order valence-electron chi connectivity index (χ3n) is 5.82. The first-order chi connectivity index (χ1) is 16.7. The van der Waals surface area contributed by atoms with Crippen molar-refractivity contribution in [3.05, 3.63) is 58.7 Å². The van der Waals surface area contributed by atoms with Crippen LogP contribution in [-0.4, -0.2) is 49.5 Å². The van der Waals surface area contributed by atoms with E-state index in [-0.39, 0.29) is 54.3 Å². The predicted octanol–water partition coefficient (Wildman–Crippen LogP) is 3.68. The van der Waals surface area contributed by atoms with Crippen LogP contribution in [-0.2, 0) is 26.1 Å². The van der Waals surface area contributed by atoms with E-state index in [1.54, 1.807) is 0 Å². The summed E-state index contributed by atoms with van der Waals surface area (Å²) >= 11 is 1.01. The molecule has 0 N–H and O–H groups in total. The summed E-state index contributed by atoms with van der Waals surface area (Å²) in [5, 5.41) is 0. The highest BCUT2D eigenvalue weighted by Crippen LogP contribution is 2.26. The molecule has 0 spiro atoms. The fourth-order valence-corrected chi connectivity index (χ4v) is 6.58. The number of hydrogen-bond acceptors (Lipinski definition) is 5. The lowest BCUT2D eigenvalue weighted by Crippen LogP contribution is -2.40. The first-order valence-electron chi connectivity index (χ1n) is 11.1. The lowest BCUT2D eigenvalue weighted by atomic mass is 9.98. The van der Waals surface area contributed by atoms with Crippen LogP contribution in [0.1, 0.15) is 19.8 Å². The second kappa shape index (κ2) is 10.6. The summed E-state index contributed by atoms with van der Waals surface area (Å²) in [5.41, 5.74) is 0.155. The van der Waals surface area contributed by atoms with Crippen LogP contribution in [0.4, 0.5) is 13.2 Å². The van der Waals surface area contributed by atoms with Gasteiger partial charge in [-0.1, -0.05) is 11.3 Å². The number of carbonyl (C=O) groups excluding carboxylic acids is 1. The molecule has 7 nitrogen and oxygen atoms in total. The topological polar surface area (TPSA) is 81.0 Å². The molecule has 0 aliphatic carbocycles. The van der Waals surface area contributed by atoms with E-state index in [1.165, 1.54) is 27.1 Å². The molecule has 2 heterocycles. The number of carbonyl (C=O) groups is 1. The van der Waals surface area contributed by atoms with Gasteiger partial charge in [-0.2, -0.15) is 9.30 Å². The van der Waals surface area contributed by atoms with E-state index in [0.29, 0.717) is 11.3 Å². The molecule has 1 aliphatic heterocycles. The molecule has 188 valence electrons. The van der Waals surface area contributed by atoms with E-state index in [9.17, 15) is 26.4 Å². The molecule has 2 aromatic carbocycles. The Morgan fingerprint density at radius 2 is 1.80 bits per heavy atom. The Balaban J connectivity index is 1.55. The number of halogens is 3. The van der Waals surface area contributed by atoms with Crippen molar-refractivity contribution >= 4 is 37.5 Å². The van der Waals surface area contributed by atoms with Crippen LogP contribution in [0.2, 0.25) is 0 Å². The fraction of sp³-hybridized carbons (Fsp3) is 0.391. The van der Waals surface area contributed by atoms with Crippen molar-refractivity contribution in [1.29, 1.82) is 0 Å². The monoisotopic (exact) mass is 527 g/mol. The highest BCUT2D eigenvalue weighted by Gasteiger charge is 2.32. The van der Waals surface area contributed by atoms with Crippen LogP contribution in [0.15, 0.2) is 46.3 Å². The molecule has 4 rings (SSSR count). The quantitative estimate of drug-likeness (QED) is 0.439. The van der Waals surface area contributed by atoms with Crippen LogP contribution in [0.3, 0.4) is 0 Å². The Bertz CT molecular complexity index is 1390. The molecular weight excluding hydrogens is 503 g/mol. The molecule has 1 fully saturated rings. The van der Waals surface area contributed by atoms with Gasteiger partial charge in [0.05, 0.1) is 21.7 Å². The van der Waals surface area contributed by atoms with Crippen molar-refractivity contribution in [3.8, 4) is 0 Å². The van der Waals surface area contributed by atoms with Gasteiger partial charge in [-0.15, -0.1) is 0 Å². The van der Waals surface area contributed by atoms with E-state index >= 15 is 0 Å². The molecule has 1 aromatic heterocycles. The maximum atomic E-state index is 14.5. The number of thiazole rings is 1. The van der Waals surface area contributed by atoms with Gasteiger partial charge in [-0.05, 0) is 50.1 Å². The fourth-order valence-electron chi connectivity index (χ4n) is 4.01. The van der Waals surface area contributed by atoms with E-state index in [4.69, 9.17) is 4.74 Å². The van der Waals surface area contributed by atoms with Gasteiger partial charge in [-0.3, -0.25) is 4.79 Å². The number of ether oxygens (including phenoxy) is 1. The van der Waals surface area contributed by atoms with Gasteiger partial charge < -0.3 is 9.30 Å². The van der Waals surface area contributed by atoms with Crippen molar-refractivity contribution in [2.45, 2.75) is 31.2 Å². The Labute approximate surface area is 204 Å². The van der Waals surface area contributed by atoms with Gasteiger partial charge in [0.15, 0.2) is 10.6 Å². The number of amides is 1. The highest BCUT2D eigenvalue weighted by atomic mass is 32.2. The molecule has 0 radical (unpaired) electrons. The summed E-state index contributed by atoms with van der Waals surface area (Å²) in [5.74, 6) is -2.96. The lowest BCUT2D eigenvalue weighted by Gasteiger charge is -2.29. The average molecular weight is 528 g/mol. The average Bonchev–Trinajstić information content (AvgIpc) is 3.16. The van der Waals surface area contributed by atoms with E-state index < -0.39 is 39.3 Å². The second-order valence-electron chi connectivity index (χ2n) is 8.05. The van der Waals surface area contributed by atoms with Crippen LogP contribution >= 0.6 is 11.3 Å². The zero-order valence-electron chi connectivity index (χ0n) is 18.9. The standard InChI is InChI=1S/C23H24F3N3O4S2/c1-2-33-12-11-29-21-19(26)13-17(25)14-20(21)34-23(29)27-22(30)15-7-9-28(10-8-15)35(31,32)18-5-3-16(24)4-6-18/h3-6,13-15H,2,7-12H2,1H3. The molecule has 1 amide bonds. The lowest BCUT2D eigenvalue weighted by molar-refractivity contribution is -0.122. The minimum absolute atomic E-state index is 0.0109. The van der Waals surface area contributed by atoms with E-state index in [0.717, 1.165) is 29.5 Å². The largest absolute Gasteiger partial charge is 0.380 e. The van der Waals surface area contributed by atoms with Gasteiger partial charge in [0, 0.05) is 38.2 Å². The summed E-state index contributed by atoms with van der Waals surface area (Å²) in [6.45, 7) is 3.01. The first kappa shape index (κ1) is 25.5. The molecule has 0 saturated carbocycles. The Morgan fingerprint density at radius 1 is 1.11 bits per heavy atom. The summed E-state index contributed by atoms with van der Waals surface area (Å²) in [7, 11) is -3.80. The van der Waals surface area contributed by atoms with Crippen molar-refractivity contribution in [3.63, 3.8) is 0 Å². The van der Waals surface area contributed by atoms with Crippen molar-refractivity contribution in [2.24, 2.45) is 10.9 Å². The maximum absolute atomic E-state index is 14.5. The number of sulfonamides is 1. The smallest absolute Gasteiger partial charge is 0.251 e. The predicted molar refractivity (Wildman–Crippen MR) is 125 cm³/mol. The number of fused-ring (bicyclic) bond motifs is 1. The Hall–Kier alpha value is -2.54. The van der Waals surface area contributed by atoms with Crippen molar-refractivity contribution < 1.29 is 31.1 Å². The normalized spacial score (nSPS) is 16.3. The van der Waals surface area contributed by atoms with Gasteiger partial charge in [0.1, 0.15) is 11.6 Å². The number of piperidine rings is 1. The maximum Gasteiger partial charge on any atom is 0.251 e. The van der Waals surface area contributed by atoms with Gasteiger partial charge >= 0.3 is 0 Å². The molecule has 3 aromatic rings. The number of benzene rings is 2. The third-order valence-corrected chi connectivity index (χ3v) is 8.76. The minimum atomic E-state index is -3.80. The number of aromatic nitrogens is 1. The third kappa shape index (κ3) is 5.50. The van der Waals surface area contributed by atoms with Crippen LogP contribution in [0, 0.1) is 23.4 Å². The van der Waals surface area contributed by atoms with Gasteiger partial charge in [0.25, 0.3) is 5.91 Å². The SMILES string of the molecule is CCOCCn1c(=NC(=O)C2CCN(S(=O)(=O)c3ccc(F)cc3)CC2)sc2cc(F)cc(F)c21. The van der Waals surface area contributed by atoms with E-state index in [2.05, 4.69) is 4.99 Å². The summed E-state index contributed by atoms with van der Waals surface area (Å²) in [4.78, 5) is 17.4. The molecule has 0 atom stereocenters. The molecule has 0 unspecified atom stereocenters. The van der Waals surface area contributed by atoms with Crippen LogP contribution in [0.5, 0.6) is 0 Å². The minimum Gasteiger partial charge on any atom is -0.380 e. The highest BCUT2D eigenvalue weighted by molar-refractivity contribution is 7.89. The van der Waals surface area contributed by atoms with E-state index in [1.807, 2.05) is 6.92 Å². The molecule has 12 heteroatoms. The van der Waals surface area contributed by atoms with Crippen LogP contribution in [0.25, 0.3) is 10.2 Å². The number of rotatable bonds is 7. The van der Waals surface area contributed by atoms with Gasteiger partial charge in [-0.25, -0.2) is 21.6 Å². The summed E-state index contributed by atoms with van der Waals surface area (Å²) in [6, 6.07) is 6.58. The Kier molecular flexibility index (Phi) is 7.74. The van der Waals surface area contributed by atoms with Crippen LogP contribution < -0.4 is 4.80 Å². The summed E-state index contributed by atoms with van der Waals surface area (Å²) in [6.07, 6.45) is 0.519. The zero-order valence-corrected chi connectivity index (χ0v) is 20.5. The summed E-state index contributed by atoms with van der Waals surface area (Å²) < 4.78 is 75.5. The molecule has 35 heavy (non-hydrogen) atoms. The Morgan fingerprint density at radius 3 is 2.46 bits per heavy atom. The number of hydrogen-bond donors (Lipinski definition) is 0. The zero-order chi connectivity index (χ0) is 25.2. The van der Waals surface area contributed by atoms with Gasteiger partial charge in [0.2, 0.25) is 10.0 Å². The number of nitrogens with zero attached hydrogens (tertiary/aromatic N) is 3. The molecular formula is C23H24F3N3O4S2.